The monoisotopic (exact) mass is 279 g/mol. The van der Waals surface area contributed by atoms with Gasteiger partial charge in [-0.25, -0.2) is 0 Å². The van der Waals surface area contributed by atoms with Gasteiger partial charge in [0.05, 0.1) is 5.69 Å². The van der Waals surface area contributed by atoms with Crippen molar-refractivity contribution in [1.82, 2.24) is 15.1 Å². The molecule has 0 aromatic carbocycles. The number of aryl methyl sites for hydroxylation is 1. The van der Waals surface area contributed by atoms with E-state index in [1.54, 1.807) is 0 Å². The summed E-state index contributed by atoms with van der Waals surface area (Å²) in [4.78, 5) is 13.6. The largest absolute Gasteiger partial charge is 0.473 e. The van der Waals surface area contributed by atoms with Gasteiger partial charge in [-0.2, -0.15) is 5.10 Å². The molecule has 6 heteroatoms. The third-order valence-corrected chi connectivity index (χ3v) is 3.29. The first-order valence-corrected chi connectivity index (χ1v) is 7.01. The van der Waals surface area contributed by atoms with E-state index in [0.29, 0.717) is 25.6 Å². The first-order valence-electron chi connectivity index (χ1n) is 7.01. The molecule has 1 fully saturated rings. The average Bonchev–Trinajstić information content (AvgIpc) is 2.48. The normalized spacial score (nSPS) is 16.2. The van der Waals surface area contributed by atoms with Crippen LogP contribution in [0.5, 0.6) is 5.88 Å². The molecule has 0 spiro atoms. The standard InChI is InChI=1S/C14H21N3O3/c1-3-19-10-14(18)17-8-6-12(7-9-17)20-13-5-4-11(2)15-16-13/h4-5,12H,3,6-10H2,1-2H3. The Balaban J connectivity index is 1.76. The van der Waals surface area contributed by atoms with Crippen LogP contribution in [0.3, 0.4) is 0 Å². The summed E-state index contributed by atoms with van der Waals surface area (Å²) in [7, 11) is 0. The van der Waals surface area contributed by atoms with E-state index in [1.165, 1.54) is 0 Å². The second kappa shape index (κ2) is 7.19. The maximum atomic E-state index is 11.8. The molecule has 0 aliphatic carbocycles. The van der Waals surface area contributed by atoms with Gasteiger partial charge in [0.25, 0.3) is 0 Å². The summed E-state index contributed by atoms with van der Waals surface area (Å²) in [5, 5.41) is 7.96. The molecule has 0 bridgehead atoms. The van der Waals surface area contributed by atoms with E-state index < -0.39 is 0 Å². The fraction of sp³-hybridized carbons (Fsp3) is 0.643. The van der Waals surface area contributed by atoms with Crippen LogP contribution in [0.15, 0.2) is 12.1 Å². The minimum atomic E-state index is 0.0560. The minimum absolute atomic E-state index is 0.0560. The van der Waals surface area contributed by atoms with Crippen molar-refractivity contribution in [2.75, 3.05) is 26.3 Å². The van der Waals surface area contributed by atoms with Gasteiger partial charge in [-0.15, -0.1) is 5.10 Å². The van der Waals surface area contributed by atoms with E-state index in [2.05, 4.69) is 10.2 Å². The number of rotatable bonds is 5. The Morgan fingerprint density at radius 2 is 2.10 bits per heavy atom. The van der Waals surface area contributed by atoms with Crippen LogP contribution in [0.4, 0.5) is 0 Å². The zero-order valence-corrected chi connectivity index (χ0v) is 12.0. The van der Waals surface area contributed by atoms with Gasteiger partial charge in [0.2, 0.25) is 11.8 Å². The van der Waals surface area contributed by atoms with Gasteiger partial charge < -0.3 is 14.4 Å². The van der Waals surface area contributed by atoms with Gasteiger partial charge in [-0.3, -0.25) is 4.79 Å². The van der Waals surface area contributed by atoms with Crippen LogP contribution < -0.4 is 4.74 Å². The van der Waals surface area contributed by atoms with Gasteiger partial charge in [0.1, 0.15) is 12.7 Å². The number of hydrogen-bond acceptors (Lipinski definition) is 5. The van der Waals surface area contributed by atoms with Gasteiger partial charge in [0.15, 0.2) is 0 Å². The fourth-order valence-corrected chi connectivity index (χ4v) is 2.12. The quantitative estimate of drug-likeness (QED) is 0.810. The second-order valence-corrected chi connectivity index (χ2v) is 4.85. The molecule has 1 aromatic rings. The lowest BCUT2D eigenvalue weighted by molar-refractivity contribution is -0.137. The molecular weight excluding hydrogens is 258 g/mol. The van der Waals surface area contributed by atoms with Crippen LogP contribution in [0, 0.1) is 6.92 Å². The van der Waals surface area contributed by atoms with E-state index in [1.807, 2.05) is 30.9 Å². The SMILES string of the molecule is CCOCC(=O)N1CCC(Oc2ccc(C)nn2)CC1. The lowest BCUT2D eigenvalue weighted by Crippen LogP contribution is -2.43. The Morgan fingerprint density at radius 1 is 1.35 bits per heavy atom. The molecule has 2 rings (SSSR count). The molecule has 6 nitrogen and oxygen atoms in total. The number of likely N-dealkylation sites (tertiary alicyclic amines) is 1. The van der Waals surface area contributed by atoms with Crippen LogP contribution in [0.1, 0.15) is 25.5 Å². The molecular formula is C14H21N3O3. The smallest absolute Gasteiger partial charge is 0.248 e. The number of ether oxygens (including phenoxy) is 2. The highest BCUT2D eigenvalue weighted by Gasteiger charge is 2.24. The predicted octanol–water partition coefficient (Wildman–Crippen LogP) is 1.19. The summed E-state index contributed by atoms with van der Waals surface area (Å²) >= 11 is 0. The van der Waals surface area contributed by atoms with Crippen molar-refractivity contribution in [3.05, 3.63) is 17.8 Å². The van der Waals surface area contributed by atoms with Crippen molar-refractivity contribution in [2.45, 2.75) is 32.8 Å². The van der Waals surface area contributed by atoms with E-state index in [-0.39, 0.29) is 18.6 Å². The topological polar surface area (TPSA) is 64.5 Å². The average molecular weight is 279 g/mol. The van der Waals surface area contributed by atoms with E-state index in [4.69, 9.17) is 9.47 Å². The number of aromatic nitrogens is 2. The summed E-state index contributed by atoms with van der Waals surface area (Å²) in [6.45, 7) is 5.92. The number of carbonyl (C=O) groups is 1. The predicted molar refractivity (Wildman–Crippen MR) is 73.5 cm³/mol. The van der Waals surface area contributed by atoms with Gasteiger partial charge >= 0.3 is 0 Å². The zero-order chi connectivity index (χ0) is 14.4. The van der Waals surface area contributed by atoms with E-state index in [9.17, 15) is 4.79 Å². The molecule has 0 radical (unpaired) electrons. The molecule has 110 valence electrons. The van der Waals surface area contributed by atoms with Crippen molar-refractivity contribution in [2.24, 2.45) is 0 Å². The summed E-state index contributed by atoms with van der Waals surface area (Å²) in [6, 6.07) is 3.71. The van der Waals surface area contributed by atoms with E-state index in [0.717, 1.165) is 18.5 Å². The second-order valence-electron chi connectivity index (χ2n) is 4.85. The summed E-state index contributed by atoms with van der Waals surface area (Å²) in [6.07, 6.45) is 1.73. The third-order valence-electron chi connectivity index (χ3n) is 3.29. The maximum Gasteiger partial charge on any atom is 0.248 e. The van der Waals surface area contributed by atoms with Crippen LogP contribution in [-0.2, 0) is 9.53 Å². The van der Waals surface area contributed by atoms with E-state index >= 15 is 0 Å². The van der Waals surface area contributed by atoms with Crippen LogP contribution >= 0.6 is 0 Å². The molecule has 0 atom stereocenters. The Labute approximate surface area is 119 Å². The van der Waals surface area contributed by atoms with Crippen molar-refractivity contribution >= 4 is 5.91 Å². The number of hydrogen-bond donors (Lipinski definition) is 0. The Hall–Kier alpha value is -1.69. The molecule has 0 unspecified atom stereocenters. The number of amides is 1. The maximum absolute atomic E-state index is 11.8. The highest BCUT2D eigenvalue weighted by atomic mass is 16.5. The van der Waals surface area contributed by atoms with Gasteiger partial charge in [-0.05, 0) is 19.9 Å². The molecule has 1 saturated heterocycles. The molecule has 0 saturated carbocycles. The zero-order valence-electron chi connectivity index (χ0n) is 12.0. The van der Waals surface area contributed by atoms with Crippen molar-refractivity contribution < 1.29 is 14.3 Å². The highest BCUT2D eigenvalue weighted by Crippen LogP contribution is 2.16. The molecule has 1 aliphatic rings. The highest BCUT2D eigenvalue weighted by molar-refractivity contribution is 5.77. The van der Waals surface area contributed by atoms with Crippen molar-refractivity contribution in [3.63, 3.8) is 0 Å². The van der Waals surface area contributed by atoms with Gasteiger partial charge in [0, 0.05) is 38.6 Å². The first kappa shape index (κ1) is 14.7. The number of piperidine rings is 1. The Bertz CT molecular complexity index is 428. The first-order chi connectivity index (χ1) is 9.69. The lowest BCUT2D eigenvalue weighted by Gasteiger charge is -2.31. The van der Waals surface area contributed by atoms with Crippen LogP contribution in [0.2, 0.25) is 0 Å². The third kappa shape index (κ3) is 4.16. The molecule has 20 heavy (non-hydrogen) atoms. The summed E-state index contributed by atoms with van der Waals surface area (Å²) < 4.78 is 10.9. The lowest BCUT2D eigenvalue weighted by atomic mass is 10.1. The minimum Gasteiger partial charge on any atom is -0.473 e. The Kier molecular flexibility index (Phi) is 5.29. The fourth-order valence-electron chi connectivity index (χ4n) is 2.12. The molecule has 0 N–H and O–H groups in total. The molecule has 1 aromatic heterocycles. The Morgan fingerprint density at radius 3 is 2.70 bits per heavy atom. The summed E-state index contributed by atoms with van der Waals surface area (Å²) in [5.74, 6) is 0.607. The van der Waals surface area contributed by atoms with Crippen LogP contribution in [-0.4, -0.2) is 53.4 Å². The number of nitrogens with zero attached hydrogens (tertiary/aromatic N) is 3. The molecule has 2 heterocycles. The number of carbonyl (C=O) groups excluding carboxylic acids is 1. The molecule has 1 amide bonds. The van der Waals surface area contributed by atoms with Crippen molar-refractivity contribution in [1.29, 1.82) is 0 Å². The summed E-state index contributed by atoms with van der Waals surface area (Å²) in [5.41, 5.74) is 0.869. The van der Waals surface area contributed by atoms with Crippen LogP contribution in [0.25, 0.3) is 0 Å². The van der Waals surface area contributed by atoms with Crippen molar-refractivity contribution in [3.8, 4) is 5.88 Å². The van der Waals surface area contributed by atoms with Gasteiger partial charge in [-0.1, -0.05) is 0 Å². The molecule has 1 aliphatic heterocycles.